The summed E-state index contributed by atoms with van der Waals surface area (Å²) in [6, 6.07) is 13.4. The van der Waals surface area contributed by atoms with E-state index in [0.29, 0.717) is 44.3 Å². The Morgan fingerprint density at radius 3 is 2.79 bits per heavy atom. The molecule has 0 saturated heterocycles. The lowest BCUT2D eigenvalue weighted by Gasteiger charge is -2.13. The van der Waals surface area contributed by atoms with Gasteiger partial charge in [0.05, 0.1) is 34.5 Å². The Morgan fingerprint density at radius 1 is 1.24 bits per heavy atom. The van der Waals surface area contributed by atoms with Gasteiger partial charge < -0.3 is 9.30 Å². The van der Waals surface area contributed by atoms with Crippen LogP contribution in [0.2, 0.25) is 5.02 Å². The van der Waals surface area contributed by atoms with Crippen LogP contribution in [0.1, 0.15) is 5.56 Å². The van der Waals surface area contributed by atoms with Crippen LogP contribution >= 0.6 is 11.6 Å². The van der Waals surface area contributed by atoms with Crippen LogP contribution in [-0.4, -0.2) is 26.6 Å². The molecule has 142 valence electrons. The molecule has 0 aliphatic carbocycles. The Bertz CT molecular complexity index is 1310. The zero-order valence-corrected chi connectivity index (χ0v) is 15.8. The van der Waals surface area contributed by atoms with Gasteiger partial charge in [0.15, 0.2) is 0 Å². The molecular formula is C20H12ClN5O3. The Morgan fingerprint density at radius 2 is 2.07 bits per heavy atom. The SMILES string of the molecule is COc1ccc(Cl)cc1-n1cc(C#N)c2ncnc(-c3cccc([N+](=O)[O-])c3)c21. The highest BCUT2D eigenvalue weighted by molar-refractivity contribution is 6.30. The predicted molar refractivity (Wildman–Crippen MR) is 107 cm³/mol. The minimum Gasteiger partial charge on any atom is -0.495 e. The van der Waals surface area contributed by atoms with E-state index in [-0.39, 0.29) is 5.69 Å². The minimum atomic E-state index is -0.471. The number of halogens is 1. The molecule has 0 unspecified atom stereocenters. The fraction of sp³-hybridized carbons (Fsp3) is 0.0500. The van der Waals surface area contributed by atoms with Crippen LogP contribution in [0.25, 0.3) is 28.0 Å². The molecule has 0 radical (unpaired) electrons. The maximum Gasteiger partial charge on any atom is 0.270 e. The van der Waals surface area contributed by atoms with Crippen molar-refractivity contribution in [2.75, 3.05) is 7.11 Å². The lowest BCUT2D eigenvalue weighted by Crippen LogP contribution is -1.99. The van der Waals surface area contributed by atoms with Crippen molar-refractivity contribution in [2.24, 2.45) is 0 Å². The van der Waals surface area contributed by atoms with Crippen molar-refractivity contribution in [1.82, 2.24) is 14.5 Å². The van der Waals surface area contributed by atoms with Crippen LogP contribution in [0.3, 0.4) is 0 Å². The van der Waals surface area contributed by atoms with E-state index >= 15 is 0 Å². The molecule has 0 amide bonds. The molecule has 0 atom stereocenters. The fourth-order valence-corrected chi connectivity index (χ4v) is 3.33. The van der Waals surface area contributed by atoms with Crippen molar-refractivity contribution in [1.29, 1.82) is 5.26 Å². The molecule has 4 aromatic rings. The molecule has 0 saturated carbocycles. The lowest BCUT2D eigenvalue weighted by molar-refractivity contribution is -0.384. The maximum absolute atomic E-state index is 11.2. The van der Waals surface area contributed by atoms with Gasteiger partial charge in [-0.15, -0.1) is 0 Å². The van der Waals surface area contributed by atoms with E-state index in [9.17, 15) is 15.4 Å². The third-order valence-corrected chi connectivity index (χ3v) is 4.66. The summed E-state index contributed by atoms with van der Waals surface area (Å²) in [4.78, 5) is 19.3. The summed E-state index contributed by atoms with van der Waals surface area (Å²) in [5, 5.41) is 21.3. The molecule has 0 aliphatic heterocycles. The maximum atomic E-state index is 11.2. The van der Waals surface area contributed by atoms with E-state index in [1.54, 1.807) is 41.1 Å². The molecular weight excluding hydrogens is 394 g/mol. The number of benzene rings is 2. The Hall–Kier alpha value is -3.96. The highest BCUT2D eigenvalue weighted by Crippen LogP contribution is 2.35. The number of rotatable bonds is 4. The normalized spacial score (nSPS) is 10.7. The van der Waals surface area contributed by atoms with Gasteiger partial charge in [-0.25, -0.2) is 9.97 Å². The molecule has 2 aromatic heterocycles. The van der Waals surface area contributed by atoms with Crippen LogP contribution in [0.4, 0.5) is 5.69 Å². The number of nitriles is 1. The Labute approximate surface area is 169 Å². The summed E-state index contributed by atoms with van der Waals surface area (Å²) in [5.41, 5.74) is 2.77. The number of non-ortho nitro benzene ring substituents is 1. The van der Waals surface area contributed by atoms with Crippen molar-refractivity contribution < 1.29 is 9.66 Å². The number of hydrogen-bond donors (Lipinski definition) is 0. The third-order valence-electron chi connectivity index (χ3n) is 4.43. The molecule has 0 bridgehead atoms. The third kappa shape index (κ3) is 3.13. The van der Waals surface area contributed by atoms with Gasteiger partial charge in [0.2, 0.25) is 0 Å². The zero-order chi connectivity index (χ0) is 20.5. The molecule has 2 heterocycles. The second-order valence-corrected chi connectivity index (χ2v) is 6.50. The quantitative estimate of drug-likeness (QED) is 0.364. The van der Waals surface area contributed by atoms with Crippen LogP contribution in [0.15, 0.2) is 55.0 Å². The molecule has 9 heteroatoms. The van der Waals surface area contributed by atoms with Crippen molar-refractivity contribution >= 4 is 28.3 Å². The number of nitro benzene ring substituents is 1. The summed E-state index contributed by atoms with van der Waals surface area (Å²) >= 11 is 6.19. The molecule has 4 rings (SSSR count). The second-order valence-electron chi connectivity index (χ2n) is 6.07. The van der Waals surface area contributed by atoms with E-state index in [1.165, 1.54) is 25.6 Å². The first-order chi connectivity index (χ1) is 14.0. The molecule has 0 spiro atoms. The fourth-order valence-electron chi connectivity index (χ4n) is 3.16. The summed E-state index contributed by atoms with van der Waals surface area (Å²) < 4.78 is 7.17. The topological polar surface area (TPSA) is 107 Å². The van der Waals surface area contributed by atoms with Crippen LogP contribution in [-0.2, 0) is 0 Å². The average molecular weight is 406 g/mol. The number of aromatic nitrogens is 3. The van der Waals surface area contributed by atoms with Crippen LogP contribution in [0.5, 0.6) is 5.75 Å². The largest absolute Gasteiger partial charge is 0.495 e. The Balaban J connectivity index is 2.09. The van der Waals surface area contributed by atoms with E-state index in [1.807, 2.05) is 0 Å². The number of nitrogens with zero attached hydrogens (tertiary/aromatic N) is 5. The van der Waals surface area contributed by atoms with Gasteiger partial charge in [0.25, 0.3) is 5.69 Å². The Kier molecular flexibility index (Phi) is 4.58. The molecule has 0 aliphatic rings. The van der Waals surface area contributed by atoms with Gasteiger partial charge >= 0.3 is 0 Å². The second kappa shape index (κ2) is 7.22. The molecule has 0 N–H and O–H groups in total. The van der Waals surface area contributed by atoms with E-state index in [0.717, 1.165) is 0 Å². The molecule has 0 fully saturated rings. The van der Waals surface area contributed by atoms with Gasteiger partial charge in [0.1, 0.15) is 23.7 Å². The van der Waals surface area contributed by atoms with Gasteiger partial charge in [-0.2, -0.15) is 5.26 Å². The monoisotopic (exact) mass is 405 g/mol. The number of methoxy groups -OCH3 is 1. The first-order valence-corrected chi connectivity index (χ1v) is 8.76. The summed E-state index contributed by atoms with van der Waals surface area (Å²) in [7, 11) is 1.53. The van der Waals surface area contributed by atoms with Crippen molar-refractivity contribution in [3.63, 3.8) is 0 Å². The first kappa shape index (κ1) is 18.4. The van der Waals surface area contributed by atoms with Gasteiger partial charge in [-0.3, -0.25) is 10.1 Å². The van der Waals surface area contributed by atoms with E-state index in [2.05, 4.69) is 16.0 Å². The van der Waals surface area contributed by atoms with Gasteiger partial charge in [-0.1, -0.05) is 23.7 Å². The first-order valence-electron chi connectivity index (χ1n) is 8.38. The highest BCUT2D eigenvalue weighted by Gasteiger charge is 2.20. The summed E-state index contributed by atoms with van der Waals surface area (Å²) in [6.45, 7) is 0. The number of fused-ring (bicyclic) bond motifs is 1. The number of hydrogen-bond acceptors (Lipinski definition) is 6. The highest BCUT2D eigenvalue weighted by atomic mass is 35.5. The van der Waals surface area contributed by atoms with E-state index < -0.39 is 4.92 Å². The molecule has 29 heavy (non-hydrogen) atoms. The molecule has 8 nitrogen and oxygen atoms in total. The van der Waals surface area contributed by atoms with Gasteiger partial charge in [0, 0.05) is 28.9 Å². The van der Waals surface area contributed by atoms with Crippen molar-refractivity contribution in [3.8, 4) is 28.8 Å². The minimum absolute atomic E-state index is 0.0618. The smallest absolute Gasteiger partial charge is 0.270 e. The summed E-state index contributed by atoms with van der Waals surface area (Å²) in [5.74, 6) is 0.532. The van der Waals surface area contributed by atoms with Crippen LogP contribution in [0, 0.1) is 21.4 Å². The number of ether oxygens (including phenoxy) is 1. The summed E-state index contributed by atoms with van der Waals surface area (Å²) in [6.07, 6.45) is 2.95. The standard InChI is InChI=1S/C20H12ClN5O3/c1-29-17-6-5-14(21)8-16(17)25-10-13(9-22)19-20(25)18(23-11-24-19)12-3-2-4-15(7-12)26(27)28/h2-8,10-11H,1H3. The van der Waals surface area contributed by atoms with Crippen molar-refractivity contribution in [3.05, 3.63) is 75.7 Å². The van der Waals surface area contributed by atoms with Crippen molar-refractivity contribution in [2.45, 2.75) is 0 Å². The lowest BCUT2D eigenvalue weighted by atomic mass is 10.1. The predicted octanol–water partition coefficient (Wildman–Crippen LogP) is 4.53. The molecule has 2 aromatic carbocycles. The van der Waals surface area contributed by atoms with E-state index in [4.69, 9.17) is 16.3 Å². The zero-order valence-electron chi connectivity index (χ0n) is 15.0. The number of nitro groups is 1. The van der Waals surface area contributed by atoms with Gasteiger partial charge in [-0.05, 0) is 18.2 Å². The van der Waals surface area contributed by atoms with Crippen LogP contribution < -0.4 is 4.74 Å². The average Bonchev–Trinajstić information content (AvgIpc) is 3.12.